The number of rotatable bonds is 6. The van der Waals surface area contributed by atoms with Crippen molar-refractivity contribution in [1.82, 2.24) is 9.80 Å². The van der Waals surface area contributed by atoms with Gasteiger partial charge in [-0.3, -0.25) is 9.59 Å². The summed E-state index contributed by atoms with van der Waals surface area (Å²) in [6.45, 7) is 4.09. The van der Waals surface area contributed by atoms with Crippen molar-refractivity contribution in [3.63, 3.8) is 0 Å². The van der Waals surface area contributed by atoms with E-state index in [1.807, 2.05) is 0 Å². The Morgan fingerprint density at radius 2 is 1.29 bits per heavy atom. The molecular weight excluding hydrogens is 220 g/mol. The molecule has 0 aromatic rings. The fraction of sp³-hybridized carbons (Fsp3) is 0.636. The van der Waals surface area contributed by atoms with E-state index in [0.29, 0.717) is 19.5 Å². The van der Waals surface area contributed by atoms with Crippen molar-refractivity contribution in [3.05, 3.63) is 0 Å². The van der Waals surface area contributed by atoms with Gasteiger partial charge in [0.1, 0.15) is 0 Å². The zero-order valence-corrected chi connectivity index (χ0v) is 10.1. The van der Waals surface area contributed by atoms with Crippen molar-refractivity contribution in [3.8, 4) is 12.4 Å². The maximum absolute atomic E-state index is 11.4. The molecule has 0 aliphatic carbocycles. The largest absolute Gasteiger partial charge is 0.274 e. The highest BCUT2D eigenvalue weighted by Gasteiger charge is 2.14. The lowest BCUT2D eigenvalue weighted by Gasteiger charge is -2.12. The van der Waals surface area contributed by atoms with E-state index in [0.717, 1.165) is 9.80 Å². The van der Waals surface area contributed by atoms with Gasteiger partial charge in [0, 0.05) is 25.9 Å². The lowest BCUT2D eigenvalue weighted by atomic mass is 10.2. The number of hydrogen-bond acceptors (Lipinski definition) is 4. The highest BCUT2D eigenvalue weighted by Crippen LogP contribution is 2.03. The highest BCUT2D eigenvalue weighted by molar-refractivity contribution is 5.80. The Labute approximate surface area is 101 Å². The Bertz CT molecular complexity index is 319. The summed E-state index contributed by atoms with van der Waals surface area (Å²) < 4.78 is 0. The monoisotopic (exact) mass is 236 g/mol. The van der Waals surface area contributed by atoms with E-state index in [9.17, 15) is 9.59 Å². The molecule has 0 fully saturated rings. The molecule has 0 aliphatic heterocycles. The van der Waals surface area contributed by atoms with Gasteiger partial charge < -0.3 is 0 Å². The molecule has 2 amide bonds. The molecule has 0 aliphatic rings. The van der Waals surface area contributed by atoms with E-state index in [4.69, 9.17) is 10.5 Å². The summed E-state index contributed by atoms with van der Waals surface area (Å²) in [6, 6.07) is 0. The van der Waals surface area contributed by atoms with Gasteiger partial charge >= 0.3 is 0 Å². The first kappa shape index (κ1) is 14.9. The van der Waals surface area contributed by atoms with Crippen molar-refractivity contribution in [2.45, 2.75) is 33.1 Å². The number of carbonyl (C=O) groups is 2. The minimum absolute atomic E-state index is 0.149. The fourth-order valence-corrected chi connectivity index (χ4v) is 1.27. The van der Waals surface area contributed by atoms with E-state index < -0.39 is 0 Å². The summed E-state index contributed by atoms with van der Waals surface area (Å²) in [5.74, 6) is -0.578. The molecule has 92 valence electrons. The van der Waals surface area contributed by atoms with Crippen molar-refractivity contribution in [2.24, 2.45) is 0 Å². The van der Waals surface area contributed by atoms with Gasteiger partial charge in [-0.2, -0.15) is 10.5 Å². The Hall–Kier alpha value is -2.08. The van der Waals surface area contributed by atoms with Crippen molar-refractivity contribution in [1.29, 1.82) is 10.5 Å². The van der Waals surface area contributed by atoms with Gasteiger partial charge in [0.25, 0.3) is 0 Å². The van der Waals surface area contributed by atoms with Crippen LogP contribution in [-0.4, -0.2) is 34.7 Å². The number of nitrogens with zero attached hydrogens (tertiary/aromatic N) is 4. The molecule has 0 saturated heterocycles. The predicted molar refractivity (Wildman–Crippen MR) is 59.9 cm³/mol. The third-order valence-electron chi connectivity index (χ3n) is 2.26. The van der Waals surface area contributed by atoms with Crippen LogP contribution in [0.5, 0.6) is 0 Å². The Kier molecular flexibility index (Phi) is 7.12. The third kappa shape index (κ3) is 4.98. The minimum atomic E-state index is -0.289. The molecule has 0 spiro atoms. The number of carbonyl (C=O) groups excluding carboxylic acids is 2. The Morgan fingerprint density at radius 1 is 0.941 bits per heavy atom. The van der Waals surface area contributed by atoms with Gasteiger partial charge in [0.2, 0.25) is 11.8 Å². The van der Waals surface area contributed by atoms with Crippen LogP contribution >= 0.6 is 0 Å². The van der Waals surface area contributed by atoms with Gasteiger partial charge in [-0.25, -0.2) is 9.80 Å². The van der Waals surface area contributed by atoms with Crippen molar-refractivity contribution >= 4 is 11.8 Å². The molecule has 0 unspecified atom stereocenters. The lowest BCUT2D eigenvalue weighted by Crippen LogP contribution is -2.27. The van der Waals surface area contributed by atoms with E-state index >= 15 is 0 Å². The average molecular weight is 236 g/mol. The first-order valence-electron chi connectivity index (χ1n) is 5.50. The van der Waals surface area contributed by atoms with Crippen LogP contribution in [0.1, 0.15) is 33.1 Å². The molecule has 6 nitrogen and oxygen atoms in total. The van der Waals surface area contributed by atoms with Crippen LogP contribution in [-0.2, 0) is 9.59 Å². The molecule has 0 bridgehead atoms. The van der Waals surface area contributed by atoms with Crippen LogP contribution in [0.25, 0.3) is 0 Å². The molecule has 17 heavy (non-hydrogen) atoms. The smallest absolute Gasteiger partial charge is 0.235 e. The zero-order valence-electron chi connectivity index (χ0n) is 10.1. The molecule has 0 radical (unpaired) electrons. The van der Waals surface area contributed by atoms with Crippen LogP contribution in [0, 0.1) is 22.9 Å². The van der Waals surface area contributed by atoms with E-state index in [1.165, 1.54) is 0 Å². The Morgan fingerprint density at radius 3 is 1.53 bits per heavy atom. The zero-order chi connectivity index (χ0) is 13.3. The second kappa shape index (κ2) is 8.12. The molecule has 0 saturated carbocycles. The predicted octanol–water partition coefficient (Wildman–Crippen LogP) is 0.816. The van der Waals surface area contributed by atoms with Crippen LogP contribution in [0.15, 0.2) is 0 Å². The average Bonchev–Trinajstić information content (AvgIpc) is 2.32. The SMILES string of the molecule is CCN(C#N)C(=O)CCCC(=O)N(C#N)CC. The van der Waals surface area contributed by atoms with E-state index in [2.05, 4.69) is 0 Å². The summed E-state index contributed by atoms with van der Waals surface area (Å²) in [7, 11) is 0. The van der Waals surface area contributed by atoms with Gasteiger partial charge in [-0.15, -0.1) is 0 Å². The van der Waals surface area contributed by atoms with E-state index in [-0.39, 0.29) is 24.7 Å². The van der Waals surface area contributed by atoms with Crippen molar-refractivity contribution in [2.75, 3.05) is 13.1 Å². The molecule has 6 heteroatoms. The molecule has 0 aromatic carbocycles. The van der Waals surface area contributed by atoms with Crippen LogP contribution in [0.4, 0.5) is 0 Å². The number of hydrogen-bond donors (Lipinski definition) is 0. The van der Waals surface area contributed by atoms with E-state index in [1.54, 1.807) is 26.2 Å². The summed E-state index contributed by atoms with van der Waals surface area (Å²) in [4.78, 5) is 24.9. The van der Waals surface area contributed by atoms with Gasteiger partial charge in [0.05, 0.1) is 0 Å². The van der Waals surface area contributed by atoms with Crippen LogP contribution < -0.4 is 0 Å². The van der Waals surface area contributed by atoms with Crippen LogP contribution in [0.2, 0.25) is 0 Å². The maximum Gasteiger partial charge on any atom is 0.235 e. The normalized spacial score (nSPS) is 8.94. The van der Waals surface area contributed by atoms with Gasteiger partial charge in [-0.1, -0.05) is 0 Å². The first-order valence-corrected chi connectivity index (χ1v) is 5.50. The number of nitriles is 2. The summed E-state index contributed by atoms with van der Waals surface area (Å²) in [5, 5.41) is 17.2. The topological polar surface area (TPSA) is 88.2 Å². The molecule has 0 atom stereocenters. The molecule has 0 aromatic heterocycles. The number of amides is 2. The second-order valence-corrected chi connectivity index (χ2v) is 3.33. The Balaban J connectivity index is 4.01. The van der Waals surface area contributed by atoms with Gasteiger partial charge in [0.15, 0.2) is 12.4 Å². The fourth-order valence-electron chi connectivity index (χ4n) is 1.27. The van der Waals surface area contributed by atoms with Gasteiger partial charge in [-0.05, 0) is 20.3 Å². The molecule has 0 N–H and O–H groups in total. The molecule has 0 rings (SSSR count). The third-order valence-corrected chi connectivity index (χ3v) is 2.26. The second-order valence-electron chi connectivity index (χ2n) is 3.33. The maximum atomic E-state index is 11.4. The molecule has 0 heterocycles. The summed E-state index contributed by atoms with van der Waals surface area (Å²) >= 11 is 0. The lowest BCUT2D eigenvalue weighted by molar-refractivity contribution is -0.129. The molecular formula is C11H16N4O2. The minimum Gasteiger partial charge on any atom is -0.274 e. The van der Waals surface area contributed by atoms with Crippen molar-refractivity contribution < 1.29 is 9.59 Å². The quantitative estimate of drug-likeness (QED) is 0.504. The van der Waals surface area contributed by atoms with Crippen LogP contribution in [0.3, 0.4) is 0 Å². The standard InChI is InChI=1S/C11H16N4O2/c1-3-14(8-12)10(16)6-5-7-11(17)15(4-2)9-13/h3-7H2,1-2H3. The summed E-state index contributed by atoms with van der Waals surface area (Å²) in [5.41, 5.74) is 0. The summed E-state index contributed by atoms with van der Waals surface area (Å²) in [6.07, 6.45) is 4.19. The first-order chi connectivity index (χ1) is 8.10. The highest BCUT2D eigenvalue weighted by atomic mass is 16.2.